The lowest BCUT2D eigenvalue weighted by atomic mass is 10.2. The van der Waals surface area contributed by atoms with E-state index in [0.29, 0.717) is 59.1 Å². The Labute approximate surface area is 189 Å². The van der Waals surface area contributed by atoms with Gasteiger partial charge in [-0.2, -0.15) is 0 Å². The summed E-state index contributed by atoms with van der Waals surface area (Å²) < 4.78 is 26.4. The van der Waals surface area contributed by atoms with Crippen LogP contribution in [0.3, 0.4) is 0 Å². The zero-order valence-corrected chi connectivity index (χ0v) is 19.2. The van der Waals surface area contributed by atoms with Crippen LogP contribution >= 0.6 is 0 Å². The molecule has 0 bridgehead atoms. The summed E-state index contributed by atoms with van der Waals surface area (Å²) in [6.07, 6.45) is 0.211. The van der Waals surface area contributed by atoms with Gasteiger partial charge in [0.2, 0.25) is 11.8 Å². The molecule has 12 heteroatoms. The monoisotopic (exact) mass is 463 g/mol. The fourth-order valence-electron chi connectivity index (χ4n) is 1.95. The predicted molar refractivity (Wildman–Crippen MR) is 114 cm³/mol. The second kappa shape index (κ2) is 19.4. The first-order chi connectivity index (χ1) is 15.2. The van der Waals surface area contributed by atoms with Crippen molar-refractivity contribution in [2.45, 2.75) is 32.8 Å². The molecule has 0 aliphatic carbocycles. The van der Waals surface area contributed by atoms with Crippen molar-refractivity contribution >= 4 is 24.2 Å². The molecule has 0 radical (unpaired) electrons. The topological polar surface area (TPSA) is 151 Å². The van der Waals surface area contributed by atoms with Crippen LogP contribution in [0.5, 0.6) is 0 Å². The van der Waals surface area contributed by atoms with E-state index in [1.165, 1.54) is 0 Å². The SMILES string of the molecule is CC(C)(C)OC(=O)NCCOCCOCCOCCOCCC(=O)NCC(=O)NCC=O. The van der Waals surface area contributed by atoms with Crippen LogP contribution in [0, 0.1) is 0 Å². The molecule has 186 valence electrons. The molecule has 0 aliphatic rings. The maximum Gasteiger partial charge on any atom is 0.407 e. The third-order valence-electron chi connectivity index (χ3n) is 3.33. The molecule has 0 spiro atoms. The zero-order valence-electron chi connectivity index (χ0n) is 19.2. The van der Waals surface area contributed by atoms with E-state index in [1.54, 1.807) is 20.8 Å². The lowest BCUT2D eigenvalue weighted by Crippen LogP contribution is -2.37. The zero-order chi connectivity index (χ0) is 24.1. The van der Waals surface area contributed by atoms with Crippen LogP contribution in [0.2, 0.25) is 0 Å². The summed E-state index contributed by atoms with van der Waals surface area (Å²) in [5.41, 5.74) is -0.525. The number of alkyl carbamates (subject to hydrolysis) is 1. The molecule has 0 fully saturated rings. The molecule has 0 saturated heterocycles. The minimum Gasteiger partial charge on any atom is -0.444 e. The quantitative estimate of drug-likeness (QED) is 0.168. The molecule has 0 atom stereocenters. The normalized spacial score (nSPS) is 11.0. The van der Waals surface area contributed by atoms with Gasteiger partial charge in [0.15, 0.2) is 0 Å². The predicted octanol–water partition coefficient (Wildman–Crippen LogP) is -0.601. The highest BCUT2D eigenvalue weighted by Crippen LogP contribution is 2.05. The van der Waals surface area contributed by atoms with Gasteiger partial charge in [-0.05, 0) is 20.8 Å². The average molecular weight is 464 g/mol. The van der Waals surface area contributed by atoms with Gasteiger partial charge in [-0.3, -0.25) is 9.59 Å². The number of carbonyl (C=O) groups is 4. The molecular weight excluding hydrogens is 426 g/mol. The Morgan fingerprint density at radius 3 is 1.78 bits per heavy atom. The molecule has 3 amide bonds. The Kier molecular flexibility index (Phi) is 18.0. The molecule has 0 rings (SSSR count). The standard InChI is InChI=1S/C20H37N3O9/c1-20(2,3)32-19(27)22-6-9-29-11-13-31-15-14-30-12-10-28-8-4-17(25)23-16-18(26)21-5-7-24/h7H,4-6,8-16H2,1-3H3,(H,21,26)(H,22,27)(H,23,25). The smallest absolute Gasteiger partial charge is 0.407 e. The molecule has 0 aromatic rings. The van der Waals surface area contributed by atoms with Gasteiger partial charge < -0.3 is 44.4 Å². The van der Waals surface area contributed by atoms with E-state index < -0.39 is 17.6 Å². The highest BCUT2D eigenvalue weighted by molar-refractivity contribution is 5.85. The summed E-state index contributed by atoms with van der Waals surface area (Å²) >= 11 is 0. The minimum absolute atomic E-state index is 0.0777. The van der Waals surface area contributed by atoms with Crippen molar-refractivity contribution in [2.24, 2.45) is 0 Å². The van der Waals surface area contributed by atoms with Gasteiger partial charge in [0.05, 0.1) is 65.9 Å². The maximum atomic E-state index is 11.5. The Bertz CT molecular complexity index is 539. The first kappa shape index (κ1) is 29.7. The van der Waals surface area contributed by atoms with Crippen molar-refractivity contribution in [1.29, 1.82) is 0 Å². The molecular formula is C20H37N3O9. The molecule has 0 heterocycles. The van der Waals surface area contributed by atoms with Gasteiger partial charge in [-0.25, -0.2) is 4.79 Å². The van der Waals surface area contributed by atoms with E-state index in [4.69, 9.17) is 23.7 Å². The first-order valence-corrected chi connectivity index (χ1v) is 10.5. The van der Waals surface area contributed by atoms with E-state index in [-0.39, 0.29) is 32.0 Å². The summed E-state index contributed by atoms with van der Waals surface area (Å²) in [5.74, 6) is -0.743. The summed E-state index contributed by atoms with van der Waals surface area (Å²) in [6.45, 7) is 8.39. The second-order valence-corrected chi connectivity index (χ2v) is 7.38. The lowest BCUT2D eigenvalue weighted by Gasteiger charge is -2.19. The van der Waals surface area contributed by atoms with E-state index >= 15 is 0 Å². The number of ether oxygens (including phenoxy) is 5. The van der Waals surface area contributed by atoms with E-state index in [2.05, 4.69) is 16.0 Å². The molecule has 0 aromatic carbocycles. The van der Waals surface area contributed by atoms with Crippen molar-refractivity contribution in [2.75, 3.05) is 72.5 Å². The van der Waals surface area contributed by atoms with Crippen molar-refractivity contribution in [1.82, 2.24) is 16.0 Å². The first-order valence-electron chi connectivity index (χ1n) is 10.5. The van der Waals surface area contributed by atoms with Crippen LogP contribution in [-0.4, -0.2) is 102 Å². The number of amides is 3. The Morgan fingerprint density at radius 2 is 1.25 bits per heavy atom. The summed E-state index contributed by atoms with van der Waals surface area (Å²) in [7, 11) is 0. The summed E-state index contributed by atoms with van der Waals surface area (Å²) in [6, 6.07) is 0. The third kappa shape index (κ3) is 22.4. The van der Waals surface area contributed by atoms with E-state index in [1.807, 2.05) is 0 Å². The Morgan fingerprint density at radius 1 is 0.719 bits per heavy atom. The molecule has 0 unspecified atom stereocenters. The molecule has 32 heavy (non-hydrogen) atoms. The third-order valence-corrected chi connectivity index (χ3v) is 3.33. The highest BCUT2D eigenvalue weighted by Gasteiger charge is 2.15. The number of hydrogen-bond acceptors (Lipinski definition) is 9. The van der Waals surface area contributed by atoms with Crippen LogP contribution in [-0.2, 0) is 38.1 Å². The van der Waals surface area contributed by atoms with Crippen LogP contribution in [0.1, 0.15) is 27.2 Å². The summed E-state index contributed by atoms with van der Waals surface area (Å²) in [4.78, 5) is 44.2. The van der Waals surface area contributed by atoms with Gasteiger partial charge in [0, 0.05) is 13.0 Å². The number of aldehydes is 1. The number of nitrogens with one attached hydrogen (secondary N) is 3. The highest BCUT2D eigenvalue weighted by atomic mass is 16.6. The van der Waals surface area contributed by atoms with Gasteiger partial charge in [-0.15, -0.1) is 0 Å². The van der Waals surface area contributed by atoms with Gasteiger partial charge in [0.25, 0.3) is 0 Å². The largest absolute Gasteiger partial charge is 0.444 e. The van der Waals surface area contributed by atoms with Crippen molar-refractivity contribution < 1.29 is 42.9 Å². The van der Waals surface area contributed by atoms with Crippen LogP contribution in [0.4, 0.5) is 4.79 Å². The minimum atomic E-state index is -0.525. The Hall–Kier alpha value is -2.28. The average Bonchev–Trinajstić information content (AvgIpc) is 2.72. The van der Waals surface area contributed by atoms with Gasteiger partial charge in [-0.1, -0.05) is 0 Å². The molecule has 3 N–H and O–H groups in total. The van der Waals surface area contributed by atoms with Crippen molar-refractivity contribution in [3.8, 4) is 0 Å². The maximum absolute atomic E-state index is 11.5. The number of hydrogen-bond donors (Lipinski definition) is 3. The van der Waals surface area contributed by atoms with Crippen LogP contribution in [0.15, 0.2) is 0 Å². The lowest BCUT2D eigenvalue weighted by molar-refractivity contribution is -0.127. The van der Waals surface area contributed by atoms with Crippen molar-refractivity contribution in [3.05, 3.63) is 0 Å². The van der Waals surface area contributed by atoms with Crippen LogP contribution < -0.4 is 16.0 Å². The van der Waals surface area contributed by atoms with Gasteiger partial charge >= 0.3 is 6.09 Å². The molecule has 0 aliphatic heterocycles. The number of rotatable bonds is 19. The van der Waals surface area contributed by atoms with Crippen molar-refractivity contribution in [3.63, 3.8) is 0 Å². The van der Waals surface area contributed by atoms with Crippen LogP contribution in [0.25, 0.3) is 0 Å². The van der Waals surface area contributed by atoms with E-state index in [0.717, 1.165) is 0 Å². The number of carbonyl (C=O) groups excluding carboxylic acids is 4. The fourth-order valence-corrected chi connectivity index (χ4v) is 1.95. The Balaban J connectivity index is 3.29. The van der Waals surface area contributed by atoms with E-state index in [9.17, 15) is 19.2 Å². The molecule has 0 aromatic heterocycles. The van der Waals surface area contributed by atoms with Gasteiger partial charge in [0.1, 0.15) is 11.9 Å². The summed E-state index contributed by atoms with van der Waals surface area (Å²) in [5, 5.41) is 7.33. The second-order valence-electron chi connectivity index (χ2n) is 7.38. The molecule has 0 saturated carbocycles. The molecule has 12 nitrogen and oxygen atoms in total. The fraction of sp³-hybridized carbons (Fsp3) is 0.800.